The number of benzene rings is 1. The van der Waals surface area contributed by atoms with Crippen molar-refractivity contribution < 1.29 is 9.00 Å². The standard InChI is InChI=1S/C13H21N3O2S/c1-3-15-13(17)10-5-6-12(11(14)9-10)16-7-4-8-19(2)18/h5-6,9,16H,3-4,7-8,14H2,1-2H3,(H,15,17). The summed E-state index contributed by atoms with van der Waals surface area (Å²) in [6.07, 6.45) is 2.51. The normalized spacial score (nSPS) is 11.9. The summed E-state index contributed by atoms with van der Waals surface area (Å²) >= 11 is 0. The van der Waals surface area contributed by atoms with Crippen LogP contribution in [0.2, 0.25) is 0 Å². The Kier molecular flexibility index (Phi) is 6.35. The van der Waals surface area contributed by atoms with Gasteiger partial charge in [-0.3, -0.25) is 9.00 Å². The van der Waals surface area contributed by atoms with Gasteiger partial charge in [-0.2, -0.15) is 0 Å². The van der Waals surface area contributed by atoms with Crippen LogP contribution in [-0.4, -0.2) is 35.2 Å². The fourth-order valence-electron chi connectivity index (χ4n) is 1.63. The zero-order chi connectivity index (χ0) is 14.3. The first-order valence-electron chi connectivity index (χ1n) is 6.26. The van der Waals surface area contributed by atoms with Crippen molar-refractivity contribution in [2.75, 3.05) is 36.1 Å². The van der Waals surface area contributed by atoms with Crippen molar-refractivity contribution in [1.82, 2.24) is 5.32 Å². The van der Waals surface area contributed by atoms with E-state index in [2.05, 4.69) is 10.6 Å². The molecular weight excluding hydrogens is 262 g/mol. The van der Waals surface area contributed by atoms with Crippen LogP contribution in [0.4, 0.5) is 11.4 Å². The highest BCUT2D eigenvalue weighted by atomic mass is 32.2. The molecular formula is C13H21N3O2S. The van der Waals surface area contributed by atoms with Gasteiger partial charge >= 0.3 is 0 Å². The largest absolute Gasteiger partial charge is 0.397 e. The first kappa shape index (κ1) is 15.5. The molecule has 0 aliphatic rings. The summed E-state index contributed by atoms with van der Waals surface area (Å²) in [6, 6.07) is 5.19. The molecule has 0 aliphatic heterocycles. The van der Waals surface area contributed by atoms with E-state index in [9.17, 15) is 9.00 Å². The highest BCUT2D eigenvalue weighted by Gasteiger charge is 2.06. The summed E-state index contributed by atoms with van der Waals surface area (Å²) in [5.41, 5.74) is 7.79. The maximum Gasteiger partial charge on any atom is 0.251 e. The summed E-state index contributed by atoms with van der Waals surface area (Å²) in [5, 5.41) is 5.90. The topological polar surface area (TPSA) is 84.2 Å². The molecule has 0 saturated heterocycles. The molecule has 106 valence electrons. The number of anilines is 2. The zero-order valence-corrected chi connectivity index (χ0v) is 12.2. The first-order valence-corrected chi connectivity index (χ1v) is 7.99. The number of carbonyl (C=O) groups is 1. The number of nitrogens with one attached hydrogen (secondary N) is 2. The van der Waals surface area contributed by atoms with Gasteiger partial charge in [-0.25, -0.2) is 0 Å². The molecule has 0 aromatic heterocycles. The van der Waals surface area contributed by atoms with Crippen LogP contribution in [0, 0.1) is 0 Å². The number of nitrogen functional groups attached to an aromatic ring is 1. The highest BCUT2D eigenvalue weighted by molar-refractivity contribution is 7.84. The molecule has 1 atom stereocenters. The molecule has 1 aromatic rings. The van der Waals surface area contributed by atoms with E-state index in [1.54, 1.807) is 24.5 Å². The van der Waals surface area contributed by atoms with Crippen molar-refractivity contribution in [1.29, 1.82) is 0 Å². The average Bonchev–Trinajstić information content (AvgIpc) is 2.36. The monoisotopic (exact) mass is 283 g/mol. The smallest absolute Gasteiger partial charge is 0.251 e. The minimum absolute atomic E-state index is 0.123. The molecule has 19 heavy (non-hydrogen) atoms. The summed E-state index contributed by atoms with van der Waals surface area (Å²) in [4.78, 5) is 11.6. The first-order chi connectivity index (χ1) is 9.04. The predicted octanol–water partition coefficient (Wildman–Crippen LogP) is 1.20. The molecule has 6 heteroatoms. The van der Waals surface area contributed by atoms with E-state index < -0.39 is 10.8 Å². The Morgan fingerprint density at radius 3 is 2.74 bits per heavy atom. The molecule has 1 aromatic carbocycles. The van der Waals surface area contributed by atoms with Gasteiger partial charge in [0.15, 0.2) is 0 Å². The van der Waals surface area contributed by atoms with Crippen LogP contribution < -0.4 is 16.4 Å². The van der Waals surface area contributed by atoms with Crippen LogP contribution in [0.1, 0.15) is 23.7 Å². The van der Waals surface area contributed by atoms with Gasteiger partial charge in [-0.1, -0.05) is 0 Å². The molecule has 0 bridgehead atoms. The average molecular weight is 283 g/mol. The Bertz CT molecular complexity index is 463. The second-order valence-corrected chi connectivity index (χ2v) is 5.77. The van der Waals surface area contributed by atoms with E-state index in [4.69, 9.17) is 5.73 Å². The van der Waals surface area contributed by atoms with Gasteiger partial charge in [-0.05, 0) is 31.5 Å². The Morgan fingerprint density at radius 1 is 1.42 bits per heavy atom. The number of nitrogens with two attached hydrogens (primary N) is 1. The van der Waals surface area contributed by atoms with Crippen LogP contribution in [0.3, 0.4) is 0 Å². The molecule has 0 spiro atoms. The van der Waals surface area contributed by atoms with Crippen molar-refractivity contribution >= 4 is 28.1 Å². The predicted molar refractivity (Wildman–Crippen MR) is 80.9 cm³/mol. The second-order valence-electron chi connectivity index (χ2n) is 4.22. The van der Waals surface area contributed by atoms with E-state index in [1.807, 2.05) is 6.92 Å². The minimum atomic E-state index is -0.765. The van der Waals surface area contributed by atoms with Crippen molar-refractivity contribution in [3.05, 3.63) is 23.8 Å². The Balaban J connectivity index is 2.57. The lowest BCUT2D eigenvalue weighted by atomic mass is 10.1. The maximum atomic E-state index is 11.6. The quantitative estimate of drug-likeness (QED) is 0.518. The number of hydrogen-bond donors (Lipinski definition) is 3. The molecule has 4 N–H and O–H groups in total. The Morgan fingerprint density at radius 2 is 2.16 bits per heavy atom. The summed E-state index contributed by atoms with van der Waals surface area (Å²) in [7, 11) is -0.765. The van der Waals surface area contributed by atoms with Gasteiger partial charge in [0, 0.05) is 41.5 Å². The second kappa shape index (κ2) is 7.78. The molecule has 0 saturated carbocycles. The Hall–Kier alpha value is -1.56. The van der Waals surface area contributed by atoms with Crippen LogP contribution in [0.5, 0.6) is 0 Å². The SMILES string of the molecule is CCNC(=O)c1ccc(NCCCS(C)=O)c(N)c1. The molecule has 0 radical (unpaired) electrons. The van der Waals surface area contributed by atoms with E-state index >= 15 is 0 Å². The lowest BCUT2D eigenvalue weighted by molar-refractivity contribution is 0.0956. The molecule has 1 rings (SSSR count). The van der Waals surface area contributed by atoms with Crippen LogP contribution in [0.25, 0.3) is 0 Å². The third kappa shape index (κ3) is 5.30. The van der Waals surface area contributed by atoms with Gasteiger partial charge < -0.3 is 16.4 Å². The van der Waals surface area contributed by atoms with Gasteiger partial charge in [0.1, 0.15) is 0 Å². The molecule has 1 unspecified atom stereocenters. The van der Waals surface area contributed by atoms with Gasteiger partial charge in [0.25, 0.3) is 5.91 Å². The van der Waals surface area contributed by atoms with Crippen LogP contribution in [0.15, 0.2) is 18.2 Å². The molecule has 1 amide bonds. The van der Waals surface area contributed by atoms with Crippen molar-refractivity contribution in [3.8, 4) is 0 Å². The van der Waals surface area contributed by atoms with E-state index in [-0.39, 0.29) is 5.91 Å². The zero-order valence-electron chi connectivity index (χ0n) is 11.4. The fourth-order valence-corrected chi connectivity index (χ4v) is 2.18. The molecule has 0 aliphatic carbocycles. The maximum absolute atomic E-state index is 11.6. The summed E-state index contributed by atoms with van der Waals surface area (Å²) in [5.74, 6) is 0.548. The van der Waals surface area contributed by atoms with Crippen molar-refractivity contribution in [3.63, 3.8) is 0 Å². The molecule has 5 nitrogen and oxygen atoms in total. The lowest BCUT2D eigenvalue weighted by Crippen LogP contribution is -2.22. The number of hydrogen-bond acceptors (Lipinski definition) is 4. The Labute approximate surface area is 116 Å². The molecule has 0 fully saturated rings. The van der Waals surface area contributed by atoms with Gasteiger partial charge in [0.2, 0.25) is 0 Å². The van der Waals surface area contributed by atoms with E-state index in [1.165, 1.54) is 0 Å². The van der Waals surface area contributed by atoms with Gasteiger partial charge in [0.05, 0.1) is 11.4 Å². The lowest BCUT2D eigenvalue weighted by Gasteiger charge is -2.10. The number of carbonyl (C=O) groups excluding carboxylic acids is 1. The van der Waals surface area contributed by atoms with Crippen LogP contribution in [-0.2, 0) is 10.8 Å². The van der Waals surface area contributed by atoms with Gasteiger partial charge in [-0.15, -0.1) is 0 Å². The van der Waals surface area contributed by atoms with Crippen molar-refractivity contribution in [2.24, 2.45) is 0 Å². The fraction of sp³-hybridized carbons (Fsp3) is 0.462. The van der Waals surface area contributed by atoms with E-state index in [0.717, 1.165) is 12.1 Å². The molecule has 0 heterocycles. The summed E-state index contributed by atoms with van der Waals surface area (Å²) < 4.78 is 10.9. The minimum Gasteiger partial charge on any atom is -0.397 e. The summed E-state index contributed by atoms with van der Waals surface area (Å²) in [6.45, 7) is 3.17. The van der Waals surface area contributed by atoms with Crippen molar-refractivity contribution in [2.45, 2.75) is 13.3 Å². The third-order valence-corrected chi connectivity index (χ3v) is 3.44. The third-order valence-electron chi connectivity index (χ3n) is 2.58. The number of amides is 1. The number of rotatable bonds is 7. The highest BCUT2D eigenvalue weighted by Crippen LogP contribution is 2.19. The van der Waals surface area contributed by atoms with E-state index in [0.29, 0.717) is 30.1 Å². The van der Waals surface area contributed by atoms with Crippen LogP contribution >= 0.6 is 0 Å².